The van der Waals surface area contributed by atoms with Gasteiger partial charge in [-0.2, -0.15) is 13.8 Å². The van der Waals surface area contributed by atoms with Crippen LogP contribution in [-0.2, 0) is 5.92 Å². The highest BCUT2D eigenvalue weighted by molar-refractivity contribution is 9.10. The van der Waals surface area contributed by atoms with Crippen molar-refractivity contribution in [3.63, 3.8) is 0 Å². The Morgan fingerprint density at radius 1 is 1.32 bits per heavy atom. The van der Waals surface area contributed by atoms with E-state index in [0.29, 0.717) is 23.1 Å². The van der Waals surface area contributed by atoms with Crippen molar-refractivity contribution in [3.05, 3.63) is 45.8 Å². The van der Waals surface area contributed by atoms with Gasteiger partial charge in [0.1, 0.15) is 5.82 Å². The second-order valence-corrected chi connectivity index (χ2v) is 11.5. The van der Waals surface area contributed by atoms with Crippen LogP contribution < -0.4 is 10.2 Å². The largest absolute Gasteiger partial charge is 0.332 e. The number of urea groups is 1. The van der Waals surface area contributed by atoms with Gasteiger partial charge in [-0.15, -0.1) is 0 Å². The van der Waals surface area contributed by atoms with Gasteiger partial charge in [0, 0.05) is 24.7 Å². The molecule has 4 fully saturated rings. The van der Waals surface area contributed by atoms with Crippen LogP contribution >= 0.6 is 15.9 Å². The summed E-state index contributed by atoms with van der Waals surface area (Å²) in [7, 11) is 0. The number of nitrogens with one attached hydrogen (secondary N) is 1. The number of carbonyl (C=O) groups is 1. The third-order valence-corrected chi connectivity index (χ3v) is 8.55. The molecular weight excluding hydrogens is 513 g/mol. The van der Waals surface area contributed by atoms with Gasteiger partial charge in [0.15, 0.2) is 5.82 Å². The first-order valence-electron chi connectivity index (χ1n) is 11.5. The number of nitrogens with zero attached hydrogens (tertiary/aromatic N) is 3. The molecule has 4 bridgehead atoms. The number of carbonyl (C=O) groups excluding carboxylic acids is 1. The Morgan fingerprint density at radius 2 is 2.06 bits per heavy atom. The highest BCUT2D eigenvalue weighted by Crippen LogP contribution is 2.58. The van der Waals surface area contributed by atoms with Crippen molar-refractivity contribution in [2.75, 3.05) is 11.4 Å². The van der Waals surface area contributed by atoms with Crippen molar-refractivity contribution >= 4 is 33.2 Å². The minimum absolute atomic E-state index is 0.0724. The second kappa shape index (κ2) is 7.32. The summed E-state index contributed by atoms with van der Waals surface area (Å²) in [4.78, 5) is 19.0. The van der Waals surface area contributed by atoms with Crippen molar-refractivity contribution in [2.24, 2.45) is 11.3 Å². The third-order valence-electron chi connectivity index (χ3n) is 7.94. The maximum atomic E-state index is 13.9. The minimum atomic E-state index is -3.17. The first kappa shape index (κ1) is 22.1. The summed E-state index contributed by atoms with van der Waals surface area (Å²) in [6.07, 6.45) is 6.00. The van der Waals surface area contributed by atoms with Crippen LogP contribution in [0, 0.1) is 17.2 Å². The van der Waals surface area contributed by atoms with Crippen molar-refractivity contribution in [3.8, 4) is 0 Å². The molecule has 1 aromatic heterocycles. The molecule has 6 aliphatic rings. The molecule has 2 aromatic rings. The number of benzene rings is 1. The maximum absolute atomic E-state index is 13.9. The number of anilines is 1. The molecule has 0 atom stereocenters. The molecule has 180 valence electrons. The molecule has 8 rings (SSSR count). The van der Waals surface area contributed by atoms with E-state index >= 15 is 0 Å². The lowest BCUT2D eigenvalue weighted by atomic mass is 9.50. The van der Waals surface area contributed by atoms with E-state index < -0.39 is 11.8 Å². The maximum Gasteiger partial charge on any atom is 0.322 e. The van der Waals surface area contributed by atoms with E-state index in [0.717, 1.165) is 62.5 Å². The van der Waals surface area contributed by atoms with Gasteiger partial charge in [0.05, 0.1) is 4.47 Å². The zero-order valence-corrected chi connectivity index (χ0v) is 20.2. The number of fused-ring (bicyclic) bond motifs is 2. The highest BCUT2D eigenvalue weighted by Gasteiger charge is 2.58. The molecule has 6 aliphatic carbocycles. The molecule has 0 saturated heterocycles. The number of aromatic nitrogens is 2. The molecule has 0 aliphatic heterocycles. The summed E-state index contributed by atoms with van der Waals surface area (Å²) < 4.78 is 46.0. The van der Waals surface area contributed by atoms with E-state index in [1.54, 1.807) is 17.0 Å². The number of halogens is 4. The van der Waals surface area contributed by atoms with Gasteiger partial charge in [-0.25, -0.2) is 9.18 Å². The number of alkyl halides is 2. The smallest absolute Gasteiger partial charge is 0.322 e. The summed E-state index contributed by atoms with van der Waals surface area (Å²) in [5, 5.41) is 7.01. The molecule has 0 radical (unpaired) electrons. The topological polar surface area (TPSA) is 71.3 Å². The molecule has 6 nitrogen and oxygen atoms in total. The van der Waals surface area contributed by atoms with E-state index in [9.17, 15) is 18.0 Å². The molecule has 2 amide bonds. The normalized spacial score (nSPS) is 26.3. The summed E-state index contributed by atoms with van der Waals surface area (Å²) in [5.41, 5.74) is 2.45. The van der Waals surface area contributed by atoms with Crippen molar-refractivity contribution < 1.29 is 22.5 Å². The summed E-state index contributed by atoms with van der Waals surface area (Å²) in [6.45, 7) is 1.23. The lowest BCUT2D eigenvalue weighted by molar-refractivity contribution is -0.0398. The second-order valence-electron chi connectivity index (χ2n) is 10.6. The zero-order chi connectivity index (χ0) is 23.9. The standard InChI is InChI=1S/C24H24BrF3N4O2/c1-22(27,28)20-29-19(31-34-20)16-4-5-23(10-14(16)11-23)12-32(15-2-3-18(26)17(25)6-15)21(33)30-24-7-13(8-24)9-24/h2-3,6,13H,4-5,7-12H2,1H3,(H,30,33). The number of rotatable bonds is 6. The lowest BCUT2D eigenvalue weighted by Crippen LogP contribution is -2.70. The summed E-state index contributed by atoms with van der Waals surface area (Å²) in [5.74, 6) is -3.26. The Balaban J connectivity index is 1.22. The van der Waals surface area contributed by atoms with Crippen molar-refractivity contribution in [2.45, 2.75) is 63.3 Å². The van der Waals surface area contributed by atoms with Crippen LogP contribution in [0.1, 0.15) is 63.6 Å². The van der Waals surface area contributed by atoms with Gasteiger partial charge in [-0.3, -0.25) is 4.90 Å². The molecule has 1 N–H and O–H groups in total. The van der Waals surface area contributed by atoms with Crippen LogP contribution in [0.2, 0.25) is 0 Å². The number of amides is 2. The van der Waals surface area contributed by atoms with Gasteiger partial charge in [0.2, 0.25) is 0 Å². The van der Waals surface area contributed by atoms with Crippen molar-refractivity contribution in [1.29, 1.82) is 0 Å². The Hall–Kier alpha value is -2.36. The van der Waals surface area contributed by atoms with Crippen LogP contribution in [-0.4, -0.2) is 28.3 Å². The van der Waals surface area contributed by atoms with Gasteiger partial charge >= 0.3 is 12.0 Å². The first-order chi connectivity index (χ1) is 16.0. The quantitative estimate of drug-likeness (QED) is 0.478. The Morgan fingerprint density at radius 3 is 2.59 bits per heavy atom. The van der Waals surface area contributed by atoms with Crippen LogP contribution in [0.3, 0.4) is 0 Å². The zero-order valence-electron chi connectivity index (χ0n) is 18.6. The number of hydrogen-bond acceptors (Lipinski definition) is 4. The van der Waals surface area contributed by atoms with Crippen LogP contribution in [0.5, 0.6) is 0 Å². The lowest BCUT2D eigenvalue weighted by Gasteiger charge is -2.62. The SMILES string of the molecule is CC(F)(F)c1nc(C2=C3CC(CN(C(=O)NC45CC(C4)C5)c4ccc(F)c(Br)c4)(CC2)C3)no1. The van der Waals surface area contributed by atoms with E-state index in [2.05, 4.69) is 31.4 Å². The van der Waals surface area contributed by atoms with Gasteiger partial charge < -0.3 is 9.84 Å². The fraction of sp³-hybridized carbons (Fsp3) is 0.542. The third kappa shape index (κ3) is 3.56. The van der Waals surface area contributed by atoms with Gasteiger partial charge in [0.25, 0.3) is 5.89 Å². The molecule has 0 unspecified atom stereocenters. The molecule has 1 aromatic carbocycles. The van der Waals surface area contributed by atoms with Crippen LogP contribution in [0.15, 0.2) is 32.8 Å². The Bertz CT molecular complexity index is 1200. The molecular formula is C24H24BrF3N4O2. The van der Waals surface area contributed by atoms with E-state index in [1.807, 2.05) is 0 Å². The van der Waals surface area contributed by atoms with E-state index in [-0.39, 0.29) is 28.6 Å². The molecule has 4 saturated carbocycles. The highest BCUT2D eigenvalue weighted by atomic mass is 79.9. The van der Waals surface area contributed by atoms with E-state index in [1.165, 1.54) is 6.07 Å². The Labute approximate surface area is 203 Å². The number of allylic oxidation sites excluding steroid dienone is 2. The fourth-order valence-corrected chi connectivity index (χ4v) is 6.36. The monoisotopic (exact) mass is 536 g/mol. The van der Waals surface area contributed by atoms with Crippen molar-refractivity contribution in [1.82, 2.24) is 15.5 Å². The fourth-order valence-electron chi connectivity index (χ4n) is 5.99. The molecule has 1 heterocycles. The van der Waals surface area contributed by atoms with Crippen LogP contribution in [0.25, 0.3) is 5.57 Å². The average Bonchev–Trinajstić information content (AvgIpc) is 3.20. The molecule has 0 spiro atoms. The minimum Gasteiger partial charge on any atom is -0.332 e. The number of hydrogen-bond donors (Lipinski definition) is 1. The molecule has 34 heavy (non-hydrogen) atoms. The molecule has 10 heteroatoms. The predicted octanol–water partition coefficient (Wildman–Crippen LogP) is 6.18. The van der Waals surface area contributed by atoms with Crippen LogP contribution in [0.4, 0.5) is 23.7 Å². The Kier molecular flexibility index (Phi) is 4.76. The van der Waals surface area contributed by atoms with Gasteiger partial charge in [-0.05, 0) is 96.0 Å². The van der Waals surface area contributed by atoms with E-state index in [4.69, 9.17) is 4.52 Å². The summed E-state index contributed by atoms with van der Waals surface area (Å²) >= 11 is 3.24. The summed E-state index contributed by atoms with van der Waals surface area (Å²) in [6, 6.07) is 4.49. The average molecular weight is 537 g/mol. The predicted molar refractivity (Wildman–Crippen MR) is 122 cm³/mol. The first-order valence-corrected chi connectivity index (χ1v) is 12.3. The van der Waals surface area contributed by atoms with Gasteiger partial charge in [-0.1, -0.05) is 10.7 Å².